The van der Waals surface area contributed by atoms with E-state index in [0.717, 1.165) is 29.9 Å². The largest absolute Gasteiger partial charge is 0.492 e. The van der Waals surface area contributed by atoms with Gasteiger partial charge in [0.25, 0.3) is 0 Å². The number of amides is 1. The van der Waals surface area contributed by atoms with Crippen molar-refractivity contribution in [2.45, 2.75) is 13.0 Å². The molecular formula is C13H17BrN2O2. The third-order valence-corrected chi connectivity index (χ3v) is 3.56. The Hall–Kier alpha value is -1.07. The zero-order valence-corrected chi connectivity index (χ0v) is 11.9. The third kappa shape index (κ3) is 3.46. The van der Waals surface area contributed by atoms with Crippen molar-refractivity contribution in [1.29, 1.82) is 0 Å². The van der Waals surface area contributed by atoms with E-state index < -0.39 is 0 Å². The normalized spacial score (nSPS) is 20.6. The van der Waals surface area contributed by atoms with E-state index in [1.54, 1.807) is 0 Å². The first kappa shape index (κ1) is 13.4. The molecule has 1 atom stereocenters. The highest BCUT2D eigenvalue weighted by Gasteiger charge is 2.24. The van der Waals surface area contributed by atoms with Gasteiger partial charge in [-0.3, -0.25) is 9.69 Å². The SMILES string of the molecule is CC1C(=O)NCCN1CCOc1cccc(Br)c1. The quantitative estimate of drug-likeness (QED) is 0.919. The van der Waals surface area contributed by atoms with Gasteiger partial charge < -0.3 is 10.1 Å². The Morgan fingerprint density at radius 3 is 3.17 bits per heavy atom. The Balaban J connectivity index is 1.80. The van der Waals surface area contributed by atoms with E-state index in [0.29, 0.717) is 6.61 Å². The smallest absolute Gasteiger partial charge is 0.237 e. The standard InChI is InChI=1S/C13H17BrN2O2/c1-10-13(17)15-5-6-16(10)7-8-18-12-4-2-3-11(14)9-12/h2-4,9-10H,5-8H2,1H3,(H,15,17). The summed E-state index contributed by atoms with van der Waals surface area (Å²) < 4.78 is 6.68. The maximum absolute atomic E-state index is 11.5. The van der Waals surface area contributed by atoms with Crippen molar-refractivity contribution in [3.63, 3.8) is 0 Å². The summed E-state index contributed by atoms with van der Waals surface area (Å²) in [6, 6.07) is 7.70. The van der Waals surface area contributed by atoms with Gasteiger partial charge in [0.05, 0.1) is 6.04 Å². The summed E-state index contributed by atoms with van der Waals surface area (Å²) in [5.74, 6) is 0.946. The number of hydrogen-bond donors (Lipinski definition) is 1. The Labute approximate surface area is 115 Å². The van der Waals surface area contributed by atoms with Gasteiger partial charge in [-0.1, -0.05) is 22.0 Å². The predicted octanol–water partition coefficient (Wildman–Crippen LogP) is 1.65. The van der Waals surface area contributed by atoms with Crippen LogP contribution in [0, 0.1) is 0 Å². The zero-order valence-electron chi connectivity index (χ0n) is 10.4. The highest BCUT2D eigenvalue weighted by Crippen LogP contribution is 2.17. The second-order valence-electron chi connectivity index (χ2n) is 4.31. The summed E-state index contributed by atoms with van der Waals surface area (Å²) in [5.41, 5.74) is 0. The van der Waals surface area contributed by atoms with E-state index in [1.807, 2.05) is 31.2 Å². The van der Waals surface area contributed by atoms with Crippen LogP contribution in [0.25, 0.3) is 0 Å². The fourth-order valence-corrected chi connectivity index (χ4v) is 2.35. The van der Waals surface area contributed by atoms with Crippen LogP contribution in [0.4, 0.5) is 0 Å². The molecule has 2 rings (SSSR count). The van der Waals surface area contributed by atoms with Gasteiger partial charge in [0.15, 0.2) is 0 Å². The molecule has 1 saturated heterocycles. The number of hydrogen-bond acceptors (Lipinski definition) is 3. The molecule has 0 aromatic heterocycles. The molecule has 1 heterocycles. The average Bonchev–Trinajstić information content (AvgIpc) is 2.35. The molecule has 0 saturated carbocycles. The Bertz CT molecular complexity index is 425. The number of rotatable bonds is 4. The van der Waals surface area contributed by atoms with Crippen molar-refractivity contribution in [1.82, 2.24) is 10.2 Å². The minimum atomic E-state index is -0.0649. The first-order valence-corrected chi connectivity index (χ1v) is 6.86. The van der Waals surface area contributed by atoms with Gasteiger partial charge >= 0.3 is 0 Å². The fraction of sp³-hybridized carbons (Fsp3) is 0.462. The van der Waals surface area contributed by atoms with Crippen LogP contribution in [0.2, 0.25) is 0 Å². The maximum atomic E-state index is 11.5. The van der Waals surface area contributed by atoms with Crippen LogP contribution in [-0.4, -0.2) is 43.1 Å². The van der Waals surface area contributed by atoms with Gasteiger partial charge in [-0.25, -0.2) is 0 Å². The van der Waals surface area contributed by atoms with Crippen LogP contribution < -0.4 is 10.1 Å². The molecule has 1 amide bonds. The molecule has 18 heavy (non-hydrogen) atoms. The van der Waals surface area contributed by atoms with Gasteiger partial charge in [0.2, 0.25) is 5.91 Å². The van der Waals surface area contributed by atoms with Crippen molar-refractivity contribution < 1.29 is 9.53 Å². The van der Waals surface area contributed by atoms with Crippen molar-refractivity contribution in [2.24, 2.45) is 0 Å². The summed E-state index contributed by atoms with van der Waals surface area (Å²) in [6.07, 6.45) is 0. The van der Waals surface area contributed by atoms with Crippen molar-refractivity contribution in [3.8, 4) is 5.75 Å². The van der Waals surface area contributed by atoms with Crippen LogP contribution in [-0.2, 0) is 4.79 Å². The summed E-state index contributed by atoms with van der Waals surface area (Å²) >= 11 is 3.40. The molecule has 98 valence electrons. The molecule has 4 nitrogen and oxygen atoms in total. The molecule has 0 bridgehead atoms. The summed E-state index contributed by atoms with van der Waals surface area (Å²) in [5, 5.41) is 2.85. The van der Waals surface area contributed by atoms with Crippen LogP contribution >= 0.6 is 15.9 Å². The molecule has 1 aromatic carbocycles. The summed E-state index contributed by atoms with van der Waals surface area (Å²) in [7, 11) is 0. The monoisotopic (exact) mass is 312 g/mol. The number of piperazine rings is 1. The molecule has 0 spiro atoms. The van der Waals surface area contributed by atoms with E-state index >= 15 is 0 Å². The van der Waals surface area contributed by atoms with Gasteiger partial charge in [0.1, 0.15) is 12.4 Å². The topological polar surface area (TPSA) is 41.6 Å². The summed E-state index contributed by atoms with van der Waals surface area (Å²) in [4.78, 5) is 13.6. The van der Waals surface area contributed by atoms with Crippen LogP contribution in [0.5, 0.6) is 5.75 Å². The van der Waals surface area contributed by atoms with E-state index in [1.165, 1.54) is 0 Å². The molecular weight excluding hydrogens is 296 g/mol. The number of nitrogens with one attached hydrogen (secondary N) is 1. The average molecular weight is 313 g/mol. The molecule has 0 radical (unpaired) electrons. The van der Waals surface area contributed by atoms with E-state index in [-0.39, 0.29) is 11.9 Å². The van der Waals surface area contributed by atoms with E-state index in [4.69, 9.17) is 4.74 Å². The Morgan fingerprint density at radius 2 is 2.39 bits per heavy atom. The lowest BCUT2D eigenvalue weighted by Gasteiger charge is -2.32. The minimum absolute atomic E-state index is 0.0649. The highest BCUT2D eigenvalue weighted by atomic mass is 79.9. The van der Waals surface area contributed by atoms with Gasteiger partial charge in [0, 0.05) is 24.1 Å². The molecule has 1 unspecified atom stereocenters. The van der Waals surface area contributed by atoms with Crippen molar-refractivity contribution in [2.75, 3.05) is 26.2 Å². The van der Waals surface area contributed by atoms with Crippen molar-refractivity contribution >= 4 is 21.8 Å². The number of carbonyl (C=O) groups excluding carboxylic acids is 1. The maximum Gasteiger partial charge on any atom is 0.237 e. The zero-order chi connectivity index (χ0) is 13.0. The number of nitrogens with zero attached hydrogens (tertiary/aromatic N) is 1. The molecule has 5 heteroatoms. The Morgan fingerprint density at radius 1 is 1.56 bits per heavy atom. The molecule has 1 aromatic rings. The van der Waals surface area contributed by atoms with Crippen molar-refractivity contribution in [3.05, 3.63) is 28.7 Å². The summed E-state index contributed by atoms with van der Waals surface area (Å²) in [6.45, 7) is 4.89. The van der Waals surface area contributed by atoms with Crippen LogP contribution in [0.3, 0.4) is 0 Å². The molecule has 1 fully saturated rings. The number of carbonyl (C=O) groups is 1. The minimum Gasteiger partial charge on any atom is -0.492 e. The lowest BCUT2D eigenvalue weighted by molar-refractivity contribution is -0.128. The van der Waals surface area contributed by atoms with E-state index in [9.17, 15) is 4.79 Å². The van der Waals surface area contributed by atoms with E-state index in [2.05, 4.69) is 26.1 Å². The fourth-order valence-electron chi connectivity index (χ4n) is 1.97. The van der Waals surface area contributed by atoms with Gasteiger partial charge in [-0.05, 0) is 25.1 Å². The third-order valence-electron chi connectivity index (χ3n) is 3.07. The predicted molar refractivity (Wildman–Crippen MR) is 73.7 cm³/mol. The second kappa shape index (κ2) is 6.20. The first-order valence-electron chi connectivity index (χ1n) is 6.07. The molecule has 1 N–H and O–H groups in total. The molecule has 1 aliphatic heterocycles. The number of ether oxygens (including phenoxy) is 1. The van der Waals surface area contributed by atoms with Crippen LogP contribution in [0.1, 0.15) is 6.92 Å². The van der Waals surface area contributed by atoms with Crippen LogP contribution in [0.15, 0.2) is 28.7 Å². The molecule has 0 aliphatic carbocycles. The highest BCUT2D eigenvalue weighted by molar-refractivity contribution is 9.10. The van der Waals surface area contributed by atoms with Gasteiger partial charge in [-0.2, -0.15) is 0 Å². The molecule has 1 aliphatic rings. The lowest BCUT2D eigenvalue weighted by atomic mass is 10.2. The lowest BCUT2D eigenvalue weighted by Crippen LogP contribution is -2.54. The number of benzene rings is 1. The second-order valence-corrected chi connectivity index (χ2v) is 5.22. The first-order chi connectivity index (χ1) is 8.66. The van der Waals surface area contributed by atoms with Gasteiger partial charge in [-0.15, -0.1) is 0 Å². The Kier molecular flexibility index (Phi) is 4.60. The number of halogens is 1.